The summed E-state index contributed by atoms with van der Waals surface area (Å²) in [5.74, 6) is 0. The molecular formula is C10H12Br2ClNO2S. The minimum Gasteiger partial charge on any atom is -0.211 e. The van der Waals surface area contributed by atoms with Crippen molar-refractivity contribution in [1.29, 1.82) is 0 Å². The first-order valence-electron chi connectivity index (χ1n) is 4.98. The average Bonchev–Trinajstić information content (AvgIpc) is 2.24. The normalized spacial score (nSPS) is 11.7. The van der Waals surface area contributed by atoms with E-state index in [1.807, 2.05) is 0 Å². The molecule has 0 radical (unpaired) electrons. The number of sulfonamides is 1. The van der Waals surface area contributed by atoms with Crippen LogP contribution in [-0.4, -0.2) is 20.3 Å². The molecule has 0 unspecified atom stereocenters. The third kappa shape index (κ3) is 4.87. The van der Waals surface area contributed by atoms with Gasteiger partial charge >= 0.3 is 0 Å². The maximum absolute atomic E-state index is 11.9. The van der Waals surface area contributed by atoms with Gasteiger partial charge in [-0.15, -0.1) is 0 Å². The first-order chi connectivity index (χ1) is 7.97. The van der Waals surface area contributed by atoms with Crippen LogP contribution < -0.4 is 4.72 Å². The van der Waals surface area contributed by atoms with Gasteiger partial charge in [0.2, 0.25) is 10.0 Å². The van der Waals surface area contributed by atoms with Gasteiger partial charge in [-0.3, -0.25) is 0 Å². The zero-order chi connectivity index (χ0) is 12.9. The van der Waals surface area contributed by atoms with Gasteiger partial charge in [-0.1, -0.05) is 43.5 Å². The summed E-state index contributed by atoms with van der Waals surface area (Å²) in [4.78, 5) is 0.112. The van der Waals surface area contributed by atoms with Gasteiger partial charge < -0.3 is 0 Å². The summed E-state index contributed by atoms with van der Waals surface area (Å²) in [5.41, 5.74) is 0. The van der Waals surface area contributed by atoms with E-state index in [0.717, 1.165) is 22.6 Å². The van der Waals surface area contributed by atoms with Crippen molar-refractivity contribution in [3.63, 3.8) is 0 Å². The molecule has 7 heteroatoms. The van der Waals surface area contributed by atoms with Crippen LogP contribution in [0.2, 0.25) is 5.02 Å². The molecule has 96 valence electrons. The Balaban J connectivity index is 2.76. The van der Waals surface area contributed by atoms with Gasteiger partial charge in [-0.05, 0) is 31.0 Å². The van der Waals surface area contributed by atoms with Crippen molar-refractivity contribution in [3.8, 4) is 0 Å². The van der Waals surface area contributed by atoms with Crippen LogP contribution in [0.15, 0.2) is 27.6 Å². The Morgan fingerprint density at radius 1 is 1.29 bits per heavy atom. The summed E-state index contributed by atoms with van der Waals surface area (Å²) in [7, 11) is -3.51. The van der Waals surface area contributed by atoms with E-state index in [4.69, 9.17) is 11.6 Å². The molecule has 1 aromatic carbocycles. The van der Waals surface area contributed by atoms with Gasteiger partial charge in [0, 0.05) is 16.3 Å². The number of alkyl halides is 1. The summed E-state index contributed by atoms with van der Waals surface area (Å²) >= 11 is 12.4. The second-order valence-corrected chi connectivity index (χ2v) is 7.22. The van der Waals surface area contributed by atoms with Crippen LogP contribution in [0.3, 0.4) is 0 Å². The smallest absolute Gasteiger partial charge is 0.211 e. The third-order valence-electron chi connectivity index (χ3n) is 2.04. The summed E-state index contributed by atoms with van der Waals surface area (Å²) in [6.45, 7) is 0.417. The van der Waals surface area contributed by atoms with E-state index in [1.54, 1.807) is 12.1 Å². The Morgan fingerprint density at radius 3 is 2.59 bits per heavy atom. The summed E-state index contributed by atoms with van der Waals surface area (Å²) in [5, 5.41) is 1.08. The van der Waals surface area contributed by atoms with E-state index in [1.165, 1.54) is 6.07 Å². The first-order valence-corrected chi connectivity index (χ1v) is 8.75. The predicted molar refractivity (Wildman–Crippen MR) is 77.4 cm³/mol. The van der Waals surface area contributed by atoms with E-state index in [0.29, 0.717) is 6.54 Å². The topological polar surface area (TPSA) is 46.2 Å². The lowest BCUT2D eigenvalue weighted by atomic mass is 10.3. The molecule has 1 rings (SSSR count). The highest BCUT2D eigenvalue weighted by atomic mass is 79.9. The molecule has 0 saturated heterocycles. The number of unbranched alkanes of at least 4 members (excludes halogenated alkanes) is 1. The molecule has 0 bridgehead atoms. The monoisotopic (exact) mass is 403 g/mol. The fourth-order valence-electron chi connectivity index (χ4n) is 1.20. The largest absolute Gasteiger partial charge is 0.242 e. The minimum atomic E-state index is -3.51. The van der Waals surface area contributed by atoms with E-state index >= 15 is 0 Å². The van der Waals surface area contributed by atoms with E-state index in [2.05, 4.69) is 36.6 Å². The number of rotatable bonds is 6. The molecule has 0 aliphatic carbocycles. The highest BCUT2D eigenvalue weighted by Gasteiger charge is 2.17. The first kappa shape index (κ1) is 15.4. The molecule has 17 heavy (non-hydrogen) atoms. The van der Waals surface area contributed by atoms with Crippen LogP contribution in [-0.2, 0) is 10.0 Å². The molecule has 3 nitrogen and oxygen atoms in total. The van der Waals surface area contributed by atoms with E-state index in [9.17, 15) is 8.42 Å². The lowest BCUT2D eigenvalue weighted by Gasteiger charge is -2.08. The molecular weight excluding hydrogens is 393 g/mol. The van der Waals surface area contributed by atoms with E-state index < -0.39 is 10.0 Å². The quantitative estimate of drug-likeness (QED) is 0.581. The van der Waals surface area contributed by atoms with Crippen LogP contribution in [0.1, 0.15) is 12.8 Å². The van der Waals surface area contributed by atoms with Crippen molar-refractivity contribution in [3.05, 3.63) is 27.7 Å². The van der Waals surface area contributed by atoms with Crippen LogP contribution in [0.25, 0.3) is 0 Å². The standard InChI is InChI=1S/C10H12Br2ClNO2S/c11-5-1-2-6-14-17(15,16)10-4-3-8(12)7-9(10)13/h3-4,7,14H,1-2,5-6H2. The van der Waals surface area contributed by atoms with Crippen molar-refractivity contribution < 1.29 is 8.42 Å². The van der Waals surface area contributed by atoms with Crippen molar-refractivity contribution in [2.45, 2.75) is 17.7 Å². The van der Waals surface area contributed by atoms with Crippen molar-refractivity contribution in [2.75, 3.05) is 11.9 Å². The Kier molecular flexibility index (Phi) is 6.44. The fraction of sp³-hybridized carbons (Fsp3) is 0.400. The number of halogens is 3. The van der Waals surface area contributed by atoms with Crippen LogP contribution in [0.4, 0.5) is 0 Å². The fourth-order valence-corrected chi connectivity index (χ4v) is 3.70. The average molecular weight is 406 g/mol. The molecule has 0 spiro atoms. The number of nitrogens with one attached hydrogen (secondary N) is 1. The molecule has 0 amide bonds. The SMILES string of the molecule is O=S(=O)(NCCCCBr)c1ccc(Br)cc1Cl. The molecule has 0 saturated carbocycles. The van der Waals surface area contributed by atoms with Gasteiger partial charge in [0.15, 0.2) is 0 Å². The molecule has 0 fully saturated rings. The molecule has 0 atom stereocenters. The van der Waals surface area contributed by atoms with Crippen molar-refractivity contribution >= 4 is 53.5 Å². The van der Waals surface area contributed by atoms with Crippen molar-refractivity contribution in [2.24, 2.45) is 0 Å². The second kappa shape index (κ2) is 7.09. The molecule has 1 aromatic rings. The summed E-state index contributed by atoms with van der Waals surface area (Å²) in [6.07, 6.45) is 1.72. The predicted octanol–water partition coefficient (Wildman–Crippen LogP) is 3.56. The maximum atomic E-state index is 11.9. The highest BCUT2D eigenvalue weighted by Crippen LogP contribution is 2.24. The Bertz CT molecular complexity index is 479. The molecule has 0 aliphatic rings. The van der Waals surface area contributed by atoms with Crippen LogP contribution in [0.5, 0.6) is 0 Å². The van der Waals surface area contributed by atoms with Gasteiger partial charge in [0.25, 0.3) is 0 Å². The Hall–Kier alpha value is 0.380. The van der Waals surface area contributed by atoms with Crippen molar-refractivity contribution in [1.82, 2.24) is 4.72 Å². The van der Waals surface area contributed by atoms with Gasteiger partial charge in [-0.25, -0.2) is 13.1 Å². The highest BCUT2D eigenvalue weighted by molar-refractivity contribution is 9.10. The van der Waals surface area contributed by atoms with Gasteiger partial charge in [-0.2, -0.15) is 0 Å². The zero-order valence-electron chi connectivity index (χ0n) is 8.92. The molecule has 1 N–H and O–H groups in total. The number of hydrogen-bond acceptors (Lipinski definition) is 2. The maximum Gasteiger partial charge on any atom is 0.242 e. The van der Waals surface area contributed by atoms with Crippen LogP contribution >= 0.6 is 43.5 Å². The van der Waals surface area contributed by atoms with Gasteiger partial charge in [0.1, 0.15) is 4.90 Å². The number of hydrogen-bond donors (Lipinski definition) is 1. The number of benzene rings is 1. The molecule has 0 heterocycles. The lowest BCUT2D eigenvalue weighted by Crippen LogP contribution is -2.25. The Morgan fingerprint density at radius 2 is 2.00 bits per heavy atom. The second-order valence-electron chi connectivity index (χ2n) is 3.37. The summed E-state index contributed by atoms with van der Waals surface area (Å²) in [6, 6.07) is 4.70. The molecule has 0 aliphatic heterocycles. The summed E-state index contributed by atoms with van der Waals surface area (Å²) < 4.78 is 27.1. The zero-order valence-corrected chi connectivity index (χ0v) is 13.7. The lowest BCUT2D eigenvalue weighted by molar-refractivity contribution is 0.578. The van der Waals surface area contributed by atoms with Gasteiger partial charge in [0.05, 0.1) is 5.02 Å². The molecule has 0 aromatic heterocycles. The third-order valence-corrected chi connectivity index (χ3v) is 5.03. The van der Waals surface area contributed by atoms with Crippen LogP contribution in [0, 0.1) is 0 Å². The minimum absolute atomic E-state index is 0.112. The van der Waals surface area contributed by atoms with E-state index in [-0.39, 0.29) is 9.92 Å². The Labute approximate surface area is 123 Å².